The standard InChI is InChI=1S/C18H17N3/c1-12-7-9-14(10-8-12)21-18-15-5-3-4-6-17(15)19-11-16(18)13(2)20-21/h3-10,19H,11H2,1-2H3. The maximum atomic E-state index is 4.77. The maximum absolute atomic E-state index is 4.77. The van der Waals surface area contributed by atoms with Gasteiger partial charge in [-0.2, -0.15) is 5.10 Å². The lowest BCUT2D eigenvalue weighted by molar-refractivity contribution is 0.869. The molecule has 3 heteroatoms. The summed E-state index contributed by atoms with van der Waals surface area (Å²) in [5, 5.41) is 8.25. The zero-order chi connectivity index (χ0) is 14.4. The van der Waals surface area contributed by atoms with E-state index in [4.69, 9.17) is 5.10 Å². The number of anilines is 1. The van der Waals surface area contributed by atoms with E-state index < -0.39 is 0 Å². The van der Waals surface area contributed by atoms with Crippen molar-refractivity contribution in [1.29, 1.82) is 0 Å². The lowest BCUT2D eigenvalue weighted by atomic mass is 10.00. The fourth-order valence-corrected chi connectivity index (χ4v) is 2.95. The number of aromatic nitrogens is 2. The Balaban J connectivity index is 1.98. The van der Waals surface area contributed by atoms with Crippen molar-refractivity contribution in [2.45, 2.75) is 20.4 Å². The van der Waals surface area contributed by atoms with Gasteiger partial charge in [-0.1, -0.05) is 35.9 Å². The SMILES string of the molecule is Cc1ccc(-n2nc(C)c3c2-c2ccccc2NC3)cc1. The largest absolute Gasteiger partial charge is 0.380 e. The van der Waals surface area contributed by atoms with E-state index in [1.54, 1.807) is 0 Å². The van der Waals surface area contributed by atoms with Crippen LogP contribution in [0.3, 0.4) is 0 Å². The van der Waals surface area contributed by atoms with E-state index in [0.717, 1.165) is 17.9 Å². The molecule has 21 heavy (non-hydrogen) atoms. The van der Waals surface area contributed by atoms with Gasteiger partial charge >= 0.3 is 0 Å². The molecule has 0 unspecified atom stereocenters. The molecule has 2 heterocycles. The van der Waals surface area contributed by atoms with Gasteiger partial charge in [0, 0.05) is 23.4 Å². The second-order valence-corrected chi connectivity index (χ2v) is 5.56. The van der Waals surface area contributed by atoms with Crippen molar-refractivity contribution >= 4 is 5.69 Å². The number of aryl methyl sites for hydroxylation is 2. The van der Waals surface area contributed by atoms with Crippen molar-refractivity contribution in [1.82, 2.24) is 9.78 Å². The molecule has 0 spiro atoms. The number of nitrogens with zero attached hydrogens (tertiary/aromatic N) is 2. The minimum Gasteiger partial charge on any atom is -0.380 e. The first kappa shape index (κ1) is 12.2. The Morgan fingerprint density at radius 1 is 1.00 bits per heavy atom. The second-order valence-electron chi connectivity index (χ2n) is 5.56. The maximum Gasteiger partial charge on any atom is 0.0814 e. The first-order valence-corrected chi connectivity index (χ1v) is 7.23. The van der Waals surface area contributed by atoms with Gasteiger partial charge < -0.3 is 5.32 Å². The third kappa shape index (κ3) is 1.85. The molecule has 1 N–H and O–H groups in total. The number of rotatable bonds is 1. The fraction of sp³-hybridized carbons (Fsp3) is 0.167. The van der Waals surface area contributed by atoms with Gasteiger partial charge in [-0.15, -0.1) is 0 Å². The van der Waals surface area contributed by atoms with E-state index in [9.17, 15) is 0 Å². The Morgan fingerprint density at radius 2 is 1.76 bits per heavy atom. The number of hydrogen-bond donors (Lipinski definition) is 1. The average Bonchev–Trinajstić information content (AvgIpc) is 2.86. The van der Waals surface area contributed by atoms with Crippen LogP contribution >= 0.6 is 0 Å². The van der Waals surface area contributed by atoms with Crippen LogP contribution in [0.2, 0.25) is 0 Å². The minimum absolute atomic E-state index is 0.837. The van der Waals surface area contributed by atoms with Crippen LogP contribution in [0.25, 0.3) is 16.9 Å². The summed E-state index contributed by atoms with van der Waals surface area (Å²) >= 11 is 0. The van der Waals surface area contributed by atoms with Crippen LogP contribution in [0.4, 0.5) is 5.69 Å². The fourth-order valence-electron chi connectivity index (χ4n) is 2.95. The van der Waals surface area contributed by atoms with Crippen LogP contribution in [0, 0.1) is 13.8 Å². The van der Waals surface area contributed by atoms with Gasteiger partial charge in [0.05, 0.1) is 17.1 Å². The monoisotopic (exact) mass is 275 g/mol. The predicted octanol–water partition coefficient (Wildman–Crippen LogP) is 4.08. The highest BCUT2D eigenvalue weighted by atomic mass is 15.3. The van der Waals surface area contributed by atoms with Gasteiger partial charge in [0.1, 0.15) is 0 Å². The quantitative estimate of drug-likeness (QED) is 0.725. The molecule has 2 aromatic carbocycles. The van der Waals surface area contributed by atoms with E-state index in [-0.39, 0.29) is 0 Å². The van der Waals surface area contributed by atoms with Crippen LogP contribution in [0.1, 0.15) is 16.8 Å². The van der Waals surface area contributed by atoms with Crippen LogP contribution < -0.4 is 5.32 Å². The Bertz CT molecular complexity index is 813. The molecule has 104 valence electrons. The molecule has 0 atom stereocenters. The summed E-state index contributed by atoms with van der Waals surface area (Å²) in [6, 6.07) is 17.0. The number of nitrogens with one attached hydrogen (secondary N) is 1. The molecular formula is C18H17N3. The summed E-state index contributed by atoms with van der Waals surface area (Å²) in [5.41, 5.74) is 8.37. The number of hydrogen-bond acceptors (Lipinski definition) is 2. The first-order valence-electron chi connectivity index (χ1n) is 7.23. The second kappa shape index (κ2) is 4.48. The molecule has 4 rings (SSSR count). The molecule has 0 aliphatic carbocycles. The Kier molecular flexibility index (Phi) is 2.61. The Hall–Kier alpha value is -2.55. The summed E-state index contributed by atoms with van der Waals surface area (Å²) < 4.78 is 2.07. The molecule has 1 aliphatic heterocycles. The molecule has 3 aromatic rings. The molecule has 0 bridgehead atoms. The first-order chi connectivity index (χ1) is 10.2. The lowest BCUT2D eigenvalue weighted by Gasteiger charge is -2.20. The van der Waals surface area contributed by atoms with Crippen LogP contribution in [0.5, 0.6) is 0 Å². The highest BCUT2D eigenvalue weighted by Crippen LogP contribution is 2.37. The van der Waals surface area contributed by atoms with Crippen molar-refractivity contribution in [2.24, 2.45) is 0 Å². The van der Waals surface area contributed by atoms with Gasteiger partial charge in [0.25, 0.3) is 0 Å². The summed E-state index contributed by atoms with van der Waals surface area (Å²) in [6.07, 6.45) is 0. The topological polar surface area (TPSA) is 29.9 Å². The van der Waals surface area contributed by atoms with Gasteiger partial charge in [0.15, 0.2) is 0 Å². The van der Waals surface area contributed by atoms with Crippen molar-refractivity contribution < 1.29 is 0 Å². The summed E-state index contributed by atoms with van der Waals surface area (Å²) in [4.78, 5) is 0. The van der Waals surface area contributed by atoms with Crippen LogP contribution in [0.15, 0.2) is 48.5 Å². The summed E-state index contributed by atoms with van der Waals surface area (Å²) in [5.74, 6) is 0. The molecular weight excluding hydrogens is 258 g/mol. The van der Waals surface area contributed by atoms with Crippen molar-refractivity contribution in [3.63, 3.8) is 0 Å². The smallest absolute Gasteiger partial charge is 0.0814 e. The molecule has 0 radical (unpaired) electrons. The Labute approximate surface area is 124 Å². The predicted molar refractivity (Wildman–Crippen MR) is 85.8 cm³/mol. The van der Waals surface area contributed by atoms with E-state index >= 15 is 0 Å². The molecule has 0 amide bonds. The normalized spacial score (nSPS) is 12.5. The Morgan fingerprint density at radius 3 is 2.57 bits per heavy atom. The van der Waals surface area contributed by atoms with Crippen LogP contribution in [-0.2, 0) is 6.54 Å². The highest BCUT2D eigenvalue weighted by Gasteiger charge is 2.23. The number of fused-ring (bicyclic) bond motifs is 3. The molecule has 1 aliphatic rings. The van der Waals surface area contributed by atoms with E-state index in [2.05, 4.69) is 72.4 Å². The van der Waals surface area contributed by atoms with E-state index in [1.165, 1.54) is 28.1 Å². The summed E-state index contributed by atoms with van der Waals surface area (Å²) in [7, 11) is 0. The molecule has 0 saturated carbocycles. The number of benzene rings is 2. The highest BCUT2D eigenvalue weighted by molar-refractivity contribution is 5.82. The van der Waals surface area contributed by atoms with Gasteiger partial charge in [-0.3, -0.25) is 0 Å². The van der Waals surface area contributed by atoms with Crippen LogP contribution in [-0.4, -0.2) is 9.78 Å². The lowest BCUT2D eigenvalue weighted by Crippen LogP contribution is -2.10. The molecule has 3 nitrogen and oxygen atoms in total. The summed E-state index contributed by atoms with van der Waals surface area (Å²) in [6.45, 7) is 5.02. The zero-order valence-corrected chi connectivity index (χ0v) is 12.2. The van der Waals surface area contributed by atoms with Crippen molar-refractivity contribution in [3.05, 3.63) is 65.4 Å². The average molecular weight is 275 g/mol. The third-order valence-electron chi connectivity index (χ3n) is 4.10. The third-order valence-corrected chi connectivity index (χ3v) is 4.10. The van der Waals surface area contributed by atoms with Crippen molar-refractivity contribution in [2.75, 3.05) is 5.32 Å². The van der Waals surface area contributed by atoms with Gasteiger partial charge in [-0.25, -0.2) is 4.68 Å². The van der Waals surface area contributed by atoms with Crippen molar-refractivity contribution in [3.8, 4) is 16.9 Å². The van der Waals surface area contributed by atoms with E-state index in [0.29, 0.717) is 0 Å². The van der Waals surface area contributed by atoms with Gasteiger partial charge in [0.2, 0.25) is 0 Å². The molecule has 0 saturated heterocycles. The zero-order valence-electron chi connectivity index (χ0n) is 12.2. The molecule has 1 aromatic heterocycles. The number of para-hydroxylation sites is 1. The van der Waals surface area contributed by atoms with Gasteiger partial charge in [-0.05, 0) is 32.0 Å². The minimum atomic E-state index is 0.837. The van der Waals surface area contributed by atoms with E-state index in [1.807, 2.05) is 0 Å². The molecule has 0 fully saturated rings.